The van der Waals surface area contributed by atoms with Gasteiger partial charge >= 0.3 is 56.7 Å². The van der Waals surface area contributed by atoms with E-state index in [9.17, 15) is 4.79 Å². The van der Waals surface area contributed by atoms with Crippen LogP contribution in [0.3, 0.4) is 0 Å². The first kappa shape index (κ1) is 22.2. The minimum atomic E-state index is -4.64. The minimum absolute atomic E-state index is 0. The molecule has 0 unspecified atom stereocenters. The van der Waals surface area contributed by atoms with Crippen LogP contribution < -0.4 is 5.56 Å². The van der Waals surface area contributed by atoms with Crippen molar-refractivity contribution < 1.29 is 31.9 Å². The molecule has 11 nitrogen and oxygen atoms in total. The SMILES string of the molecule is O=P(O)(O)O.O=c1[nH]c(Cl)nc2c1ncn2COCCO.[Ba+2].[H-].[H-]. The molecule has 2 aromatic rings. The van der Waals surface area contributed by atoms with Crippen LogP contribution in [0.15, 0.2) is 11.1 Å². The molecule has 122 valence electrons. The quantitative estimate of drug-likeness (QED) is 0.153. The molecule has 0 saturated heterocycles. The first-order valence-electron chi connectivity index (χ1n) is 5.30. The molecule has 14 heteroatoms. The number of halogens is 1. The number of aliphatic hydroxyl groups excluding tert-OH is 1. The normalized spacial score (nSPS) is 10.8. The fourth-order valence-electron chi connectivity index (χ4n) is 1.25. The number of nitrogens with zero attached hydrogens (tertiary/aromatic N) is 3. The van der Waals surface area contributed by atoms with Gasteiger partial charge in [-0.3, -0.25) is 14.3 Å². The molecule has 0 spiro atoms. The van der Waals surface area contributed by atoms with Crippen molar-refractivity contribution in [1.82, 2.24) is 19.5 Å². The second kappa shape index (κ2) is 10.2. The van der Waals surface area contributed by atoms with Crippen LogP contribution in [0.5, 0.6) is 0 Å². The Bertz CT molecular complexity index is 703. The molecule has 0 aromatic carbocycles. The maximum atomic E-state index is 11.4. The van der Waals surface area contributed by atoms with E-state index in [4.69, 9.17) is 40.7 Å². The summed E-state index contributed by atoms with van der Waals surface area (Å²) in [6.45, 7) is 0.293. The van der Waals surface area contributed by atoms with E-state index in [-0.39, 0.29) is 82.5 Å². The van der Waals surface area contributed by atoms with Gasteiger partial charge in [-0.25, -0.2) is 9.55 Å². The molecule has 5 N–H and O–H groups in total. The van der Waals surface area contributed by atoms with Crippen molar-refractivity contribution in [2.75, 3.05) is 13.2 Å². The van der Waals surface area contributed by atoms with Crippen LogP contribution in [0.2, 0.25) is 5.28 Å². The van der Waals surface area contributed by atoms with Crippen LogP contribution in [-0.2, 0) is 16.0 Å². The second-order valence-corrected chi connectivity index (χ2v) is 4.90. The maximum Gasteiger partial charge on any atom is 2.00 e. The number of phosphoric acid groups is 1. The zero-order valence-corrected chi connectivity index (χ0v) is 17.2. The van der Waals surface area contributed by atoms with Crippen LogP contribution >= 0.6 is 19.4 Å². The predicted octanol–water partition coefficient (Wildman–Crippen LogP) is -1.35. The number of fused-ring (bicyclic) bond motifs is 1. The molecule has 0 radical (unpaired) electrons. The molecule has 0 aliphatic rings. The summed E-state index contributed by atoms with van der Waals surface area (Å²) in [4.78, 5) is 43.1. The number of nitrogens with one attached hydrogen (secondary N) is 1. The van der Waals surface area contributed by atoms with Gasteiger partial charge in [0.15, 0.2) is 11.2 Å². The smallest absolute Gasteiger partial charge is 1.00 e. The molecule has 0 aliphatic carbocycles. The van der Waals surface area contributed by atoms with Crippen molar-refractivity contribution in [3.63, 3.8) is 0 Å². The second-order valence-electron chi connectivity index (χ2n) is 3.52. The van der Waals surface area contributed by atoms with Crippen LogP contribution in [-0.4, -0.2) is 101 Å². The third-order valence-electron chi connectivity index (χ3n) is 1.91. The summed E-state index contributed by atoms with van der Waals surface area (Å²) in [7, 11) is -4.64. The predicted molar refractivity (Wildman–Crippen MR) is 78.4 cm³/mol. The molecular formula is C8H14BaClN4O7P. The van der Waals surface area contributed by atoms with Crippen LogP contribution in [0.25, 0.3) is 11.2 Å². The van der Waals surface area contributed by atoms with Crippen molar-refractivity contribution in [1.29, 1.82) is 0 Å². The van der Waals surface area contributed by atoms with Gasteiger partial charge < -0.3 is 27.4 Å². The van der Waals surface area contributed by atoms with Gasteiger partial charge in [-0.15, -0.1) is 0 Å². The van der Waals surface area contributed by atoms with E-state index >= 15 is 0 Å². The number of aromatic nitrogens is 4. The number of aliphatic hydroxyl groups is 1. The Morgan fingerprint density at radius 3 is 2.59 bits per heavy atom. The molecular weight excluding hydrogens is 468 g/mol. The summed E-state index contributed by atoms with van der Waals surface area (Å²) in [6, 6.07) is 0. The Morgan fingerprint density at radius 1 is 1.45 bits per heavy atom. The summed E-state index contributed by atoms with van der Waals surface area (Å²) in [6.07, 6.45) is 1.43. The van der Waals surface area contributed by atoms with Crippen LogP contribution in [0.4, 0.5) is 0 Å². The molecule has 0 amide bonds. The van der Waals surface area contributed by atoms with E-state index in [0.717, 1.165) is 0 Å². The average molecular weight is 482 g/mol. The Balaban J connectivity index is -0.000000490. The van der Waals surface area contributed by atoms with Crippen molar-refractivity contribution in [3.8, 4) is 0 Å². The summed E-state index contributed by atoms with van der Waals surface area (Å²) in [5.41, 5.74) is 0.166. The van der Waals surface area contributed by atoms with Gasteiger partial charge in [-0.1, -0.05) is 0 Å². The van der Waals surface area contributed by atoms with E-state index in [1.54, 1.807) is 0 Å². The van der Waals surface area contributed by atoms with Crippen LogP contribution in [0.1, 0.15) is 2.85 Å². The van der Waals surface area contributed by atoms with E-state index in [2.05, 4.69) is 15.0 Å². The summed E-state index contributed by atoms with van der Waals surface area (Å²) < 4.78 is 15.5. The molecule has 0 atom stereocenters. The average Bonchev–Trinajstić information content (AvgIpc) is 2.71. The number of H-pyrrole nitrogens is 1. The Morgan fingerprint density at radius 2 is 2.05 bits per heavy atom. The molecule has 2 heterocycles. The molecule has 22 heavy (non-hydrogen) atoms. The largest absolute Gasteiger partial charge is 2.00 e. The monoisotopic (exact) mass is 482 g/mol. The molecule has 0 aliphatic heterocycles. The van der Waals surface area contributed by atoms with E-state index in [1.807, 2.05) is 0 Å². The minimum Gasteiger partial charge on any atom is -1.00 e. The van der Waals surface area contributed by atoms with Gasteiger partial charge in [0, 0.05) is 0 Å². The number of hydrogen-bond donors (Lipinski definition) is 5. The van der Waals surface area contributed by atoms with Gasteiger partial charge in [-0.05, 0) is 11.6 Å². The number of imidazole rings is 1. The summed E-state index contributed by atoms with van der Waals surface area (Å²) in [5.74, 6) is 0. The zero-order chi connectivity index (χ0) is 16.0. The molecule has 0 bridgehead atoms. The van der Waals surface area contributed by atoms with Gasteiger partial charge in [0.2, 0.25) is 5.28 Å². The molecule has 0 fully saturated rings. The third kappa shape index (κ3) is 8.19. The van der Waals surface area contributed by atoms with Gasteiger partial charge in [-0.2, -0.15) is 4.98 Å². The first-order valence-corrected chi connectivity index (χ1v) is 7.24. The van der Waals surface area contributed by atoms with Gasteiger partial charge in [0.1, 0.15) is 6.73 Å². The molecule has 0 saturated carbocycles. The topological polar surface area (TPSA) is 171 Å². The number of hydrogen-bond acceptors (Lipinski definition) is 6. The zero-order valence-electron chi connectivity index (χ0n) is 13.1. The number of rotatable bonds is 4. The standard InChI is InChI=1S/C8H9ClN4O3.Ba.H3O4P.2H/c9-8-11-6-5(7(15)12-8)10-3-13(6)4-16-2-1-14;;1-5(2,3)4;;/h3,14H,1-2,4H2,(H,11,12,15);;(H3,1,2,3,4);;/q;+2;;2*-1. The van der Waals surface area contributed by atoms with Gasteiger partial charge in [0.05, 0.1) is 19.5 Å². The Hall–Kier alpha value is 0.241. The third-order valence-corrected chi connectivity index (χ3v) is 2.09. The number of aromatic amines is 1. The van der Waals surface area contributed by atoms with Crippen molar-refractivity contribution >= 4 is 79.5 Å². The van der Waals surface area contributed by atoms with E-state index < -0.39 is 13.4 Å². The fourth-order valence-corrected chi connectivity index (χ4v) is 1.41. The van der Waals surface area contributed by atoms with Crippen molar-refractivity contribution in [3.05, 3.63) is 22.0 Å². The molecule has 2 rings (SSSR count). The maximum absolute atomic E-state index is 11.4. The first-order chi connectivity index (χ1) is 9.72. The van der Waals surface area contributed by atoms with E-state index in [0.29, 0.717) is 5.65 Å². The Labute approximate surface area is 171 Å². The molecule has 2 aromatic heterocycles. The number of ether oxygens (including phenoxy) is 1. The summed E-state index contributed by atoms with van der Waals surface area (Å²) in [5, 5.41) is 8.56. The fraction of sp³-hybridized carbons (Fsp3) is 0.375. The van der Waals surface area contributed by atoms with Gasteiger partial charge in [0.25, 0.3) is 5.56 Å². The Kier molecular flexibility index (Phi) is 10.3. The van der Waals surface area contributed by atoms with Crippen molar-refractivity contribution in [2.24, 2.45) is 0 Å². The summed E-state index contributed by atoms with van der Waals surface area (Å²) >= 11 is 5.63. The van der Waals surface area contributed by atoms with Crippen LogP contribution in [0, 0.1) is 0 Å². The van der Waals surface area contributed by atoms with Crippen molar-refractivity contribution in [2.45, 2.75) is 6.73 Å². The van der Waals surface area contributed by atoms with E-state index in [1.165, 1.54) is 10.9 Å².